The number of primary amides is 1. The highest BCUT2D eigenvalue weighted by molar-refractivity contribution is 5.85. The molecule has 0 spiro atoms. The van der Waals surface area contributed by atoms with Gasteiger partial charge in [0.25, 0.3) is 0 Å². The Kier molecular flexibility index (Phi) is 5.82. The lowest BCUT2D eigenvalue weighted by Gasteiger charge is -2.22. The highest BCUT2D eigenvalue weighted by Crippen LogP contribution is 2.15. The molecule has 1 rings (SSSR count). The second-order valence-electron chi connectivity index (χ2n) is 4.79. The molecule has 5 heteroatoms. The molecule has 0 saturated heterocycles. The average molecular weight is 258 g/mol. The van der Waals surface area contributed by atoms with E-state index in [1.807, 2.05) is 24.3 Å². The molecule has 96 valence electrons. The van der Waals surface area contributed by atoms with Crippen LogP contribution >= 0.6 is 12.4 Å². The zero-order valence-electron chi connectivity index (χ0n) is 10.4. The van der Waals surface area contributed by atoms with Gasteiger partial charge in [-0.2, -0.15) is 0 Å². The van der Waals surface area contributed by atoms with Crippen LogP contribution in [0.15, 0.2) is 24.3 Å². The van der Waals surface area contributed by atoms with E-state index in [2.05, 4.69) is 31.4 Å². The number of rotatable bonds is 3. The minimum atomic E-state index is -0.503. The van der Waals surface area contributed by atoms with Crippen molar-refractivity contribution in [1.29, 1.82) is 0 Å². The fourth-order valence-electron chi connectivity index (χ4n) is 1.33. The number of nitrogens with two attached hydrogens (primary N) is 1. The maximum atomic E-state index is 10.5. The molecule has 0 aliphatic rings. The lowest BCUT2D eigenvalue weighted by atomic mass is 10.1. The van der Waals surface area contributed by atoms with Gasteiger partial charge in [0.15, 0.2) is 0 Å². The van der Waals surface area contributed by atoms with E-state index in [1.54, 1.807) is 0 Å². The SMILES string of the molecule is CC(C)(C)Nc1ccc(CNC(N)=O)cc1.Cl. The number of carbonyl (C=O) groups is 1. The van der Waals surface area contributed by atoms with Gasteiger partial charge in [0.05, 0.1) is 0 Å². The highest BCUT2D eigenvalue weighted by atomic mass is 35.5. The molecule has 0 bridgehead atoms. The van der Waals surface area contributed by atoms with Crippen molar-refractivity contribution in [2.75, 3.05) is 5.32 Å². The highest BCUT2D eigenvalue weighted by Gasteiger charge is 2.08. The predicted molar refractivity (Wildman–Crippen MR) is 73.5 cm³/mol. The monoisotopic (exact) mass is 257 g/mol. The Balaban J connectivity index is 0.00000256. The van der Waals surface area contributed by atoms with E-state index in [1.165, 1.54) is 0 Å². The quantitative estimate of drug-likeness (QED) is 0.779. The largest absolute Gasteiger partial charge is 0.380 e. The molecule has 0 aliphatic heterocycles. The molecule has 0 heterocycles. The van der Waals surface area contributed by atoms with Crippen LogP contribution in [0.1, 0.15) is 26.3 Å². The van der Waals surface area contributed by atoms with E-state index < -0.39 is 6.03 Å². The molecule has 4 N–H and O–H groups in total. The molecule has 0 fully saturated rings. The normalized spacial score (nSPS) is 10.3. The van der Waals surface area contributed by atoms with Crippen molar-refractivity contribution in [2.24, 2.45) is 5.73 Å². The zero-order chi connectivity index (χ0) is 12.2. The Morgan fingerprint density at radius 3 is 2.18 bits per heavy atom. The first-order valence-corrected chi connectivity index (χ1v) is 5.27. The van der Waals surface area contributed by atoms with Gasteiger partial charge in [-0.05, 0) is 38.5 Å². The lowest BCUT2D eigenvalue weighted by molar-refractivity contribution is 0.248. The van der Waals surface area contributed by atoms with Crippen LogP contribution in [0.3, 0.4) is 0 Å². The van der Waals surface area contributed by atoms with E-state index in [-0.39, 0.29) is 17.9 Å². The van der Waals surface area contributed by atoms with Crippen molar-refractivity contribution in [3.8, 4) is 0 Å². The fraction of sp³-hybridized carbons (Fsp3) is 0.417. The van der Waals surface area contributed by atoms with Crippen molar-refractivity contribution < 1.29 is 4.79 Å². The standard InChI is InChI=1S/C12H19N3O.ClH/c1-12(2,3)15-10-6-4-9(5-7-10)8-14-11(13)16;/h4-7,15H,8H2,1-3H3,(H3,13,14,16);1H. The molecule has 0 aliphatic carbocycles. The van der Waals surface area contributed by atoms with Crippen LogP contribution in [0, 0.1) is 0 Å². The van der Waals surface area contributed by atoms with Crippen molar-refractivity contribution in [2.45, 2.75) is 32.9 Å². The van der Waals surface area contributed by atoms with E-state index in [0.29, 0.717) is 6.54 Å². The summed E-state index contributed by atoms with van der Waals surface area (Å²) in [5.41, 5.74) is 7.13. The first-order chi connectivity index (χ1) is 7.37. The summed E-state index contributed by atoms with van der Waals surface area (Å²) in [6, 6.07) is 7.40. The maximum Gasteiger partial charge on any atom is 0.312 e. The fourth-order valence-corrected chi connectivity index (χ4v) is 1.33. The molecule has 1 aromatic carbocycles. The maximum absolute atomic E-state index is 10.5. The number of carbonyl (C=O) groups excluding carboxylic acids is 1. The van der Waals surface area contributed by atoms with Gasteiger partial charge < -0.3 is 16.4 Å². The number of anilines is 1. The number of amides is 2. The molecule has 0 radical (unpaired) electrons. The molecule has 0 unspecified atom stereocenters. The van der Waals surface area contributed by atoms with Gasteiger partial charge in [0.1, 0.15) is 0 Å². The topological polar surface area (TPSA) is 67.2 Å². The zero-order valence-corrected chi connectivity index (χ0v) is 11.2. The number of urea groups is 1. The third-order valence-corrected chi connectivity index (χ3v) is 1.94. The summed E-state index contributed by atoms with van der Waals surface area (Å²) in [6.07, 6.45) is 0. The molecular weight excluding hydrogens is 238 g/mol. The van der Waals surface area contributed by atoms with E-state index in [0.717, 1.165) is 11.3 Å². The number of nitrogens with one attached hydrogen (secondary N) is 2. The summed E-state index contributed by atoms with van der Waals surface area (Å²) in [5.74, 6) is 0. The number of benzene rings is 1. The third kappa shape index (κ3) is 6.68. The molecule has 2 amide bonds. The van der Waals surface area contributed by atoms with Crippen LogP contribution in [0.2, 0.25) is 0 Å². The smallest absolute Gasteiger partial charge is 0.312 e. The van der Waals surface area contributed by atoms with Crippen LogP contribution < -0.4 is 16.4 Å². The summed E-state index contributed by atoms with van der Waals surface area (Å²) in [4.78, 5) is 10.5. The summed E-state index contributed by atoms with van der Waals surface area (Å²) >= 11 is 0. The molecule has 0 saturated carbocycles. The van der Waals surface area contributed by atoms with Crippen LogP contribution in [-0.4, -0.2) is 11.6 Å². The van der Waals surface area contributed by atoms with Gasteiger partial charge in [-0.25, -0.2) is 4.79 Å². The third-order valence-electron chi connectivity index (χ3n) is 1.94. The molecular formula is C12H20ClN3O. The molecule has 17 heavy (non-hydrogen) atoms. The number of hydrogen-bond acceptors (Lipinski definition) is 2. The molecule has 0 atom stereocenters. The Hall–Kier alpha value is -1.42. The first-order valence-electron chi connectivity index (χ1n) is 5.27. The van der Waals surface area contributed by atoms with Crippen LogP contribution in [-0.2, 0) is 6.54 Å². The average Bonchev–Trinajstić information content (AvgIpc) is 2.14. The minimum absolute atomic E-state index is 0. The molecule has 4 nitrogen and oxygen atoms in total. The van der Waals surface area contributed by atoms with Gasteiger partial charge in [-0.3, -0.25) is 0 Å². The van der Waals surface area contributed by atoms with Gasteiger partial charge in [0, 0.05) is 17.8 Å². The minimum Gasteiger partial charge on any atom is -0.380 e. The van der Waals surface area contributed by atoms with Gasteiger partial charge in [0.2, 0.25) is 0 Å². The lowest BCUT2D eigenvalue weighted by Crippen LogP contribution is -2.28. The summed E-state index contributed by atoms with van der Waals surface area (Å²) in [6.45, 7) is 6.78. The second-order valence-corrected chi connectivity index (χ2v) is 4.79. The predicted octanol–water partition coefficient (Wildman–Crippen LogP) is 2.49. The van der Waals surface area contributed by atoms with E-state index >= 15 is 0 Å². The van der Waals surface area contributed by atoms with Crippen LogP contribution in [0.4, 0.5) is 10.5 Å². The Labute approximate surface area is 108 Å². The molecule has 1 aromatic rings. The van der Waals surface area contributed by atoms with Crippen molar-refractivity contribution in [1.82, 2.24) is 5.32 Å². The Morgan fingerprint density at radius 1 is 1.24 bits per heavy atom. The van der Waals surface area contributed by atoms with Gasteiger partial charge in [-0.1, -0.05) is 12.1 Å². The van der Waals surface area contributed by atoms with Crippen molar-refractivity contribution in [3.63, 3.8) is 0 Å². The first kappa shape index (κ1) is 15.6. The van der Waals surface area contributed by atoms with E-state index in [9.17, 15) is 4.79 Å². The number of hydrogen-bond donors (Lipinski definition) is 3. The van der Waals surface area contributed by atoms with E-state index in [4.69, 9.17) is 5.73 Å². The summed E-state index contributed by atoms with van der Waals surface area (Å²) in [7, 11) is 0. The van der Waals surface area contributed by atoms with Crippen molar-refractivity contribution in [3.05, 3.63) is 29.8 Å². The van der Waals surface area contributed by atoms with Crippen LogP contribution in [0.5, 0.6) is 0 Å². The number of halogens is 1. The second kappa shape index (κ2) is 6.35. The van der Waals surface area contributed by atoms with Gasteiger partial charge >= 0.3 is 6.03 Å². The van der Waals surface area contributed by atoms with Crippen LogP contribution in [0.25, 0.3) is 0 Å². The van der Waals surface area contributed by atoms with Gasteiger partial charge in [-0.15, -0.1) is 12.4 Å². The van der Waals surface area contributed by atoms with Crippen molar-refractivity contribution >= 4 is 24.1 Å². The molecule has 0 aromatic heterocycles. The summed E-state index contributed by atoms with van der Waals surface area (Å²) < 4.78 is 0. The Morgan fingerprint density at radius 2 is 1.76 bits per heavy atom. The Bertz CT molecular complexity index is 357. The summed E-state index contributed by atoms with van der Waals surface area (Å²) in [5, 5.41) is 5.91.